The molecular formula is C57H98O6. The van der Waals surface area contributed by atoms with Gasteiger partial charge in [-0.1, -0.05) is 216 Å². The predicted octanol–water partition coefficient (Wildman–Crippen LogP) is 17.4. The molecular weight excluding hydrogens is 781 g/mol. The first-order chi connectivity index (χ1) is 31.0. The highest BCUT2D eigenvalue weighted by molar-refractivity contribution is 5.71. The molecule has 0 heterocycles. The lowest BCUT2D eigenvalue weighted by Crippen LogP contribution is -2.30. The van der Waals surface area contributed by atoms with Gasteiger partial charge in [0.25, 0.3) is 0 Å². The number of carbonyl (C=O) groups is 3. The minimum Gasteiger partial charge on any atom is -0.462 e. The maximum atomic E-state index is 12.8. The molecule has 0 fully saturated rings. The Balaban J connectivity index is 4.46. The highest BCUT2D eigenvalue weighted by Gasteiger charge is 2.19. The second kappa shape index (κ2) is 51.5. The summed E-state index contributed by atoms with van der Waals surface area (Å²) in [6.07, 6.45) is 64.7. The molecule has 0 saturated carbocycles. The lowest BCUT2D eigenvalue weighted by molar-refractivity contribution is -0.166. The van der Waals surface area contributed by atoms with Crippen LogP contribution in [0.1, 0.15) is 252 Å². The molecule has 6 nitrogen and oxygen atoms in total. The second-order valence-electron chi connectivity index (χ2n) is 17.4. The van der Waals surface area contributed by atoms with Crippen LogP contribution in [0.5, 0.6) is 0 Å². The zero-order valence-electron chi connectivity index (χ0n) is 41.3. The Labute approximate surface area is 389 Å². The molecule has 0 aliphatic heterocycles. The van der Waals surface area contributed by atoms with Gasteiger partial charge in [0.05, 0.1) is 0 Å². The lowest BCUT2D eigenvalue weighted by atomic mass is 10.1. The maximum Gasteiger partial charge on any atom is 0.306 e. The van der Waals surface area contributed by atoms with Crippen LogP contribution >= 0.6 is 0 Å². The molecule has 0 rings (SSSR count). The van der Waals surface area contributed by atoms with E-state index in [9.17, 15) is 14.4 Å². The third-order valence-corrected chi connectivity index (χ3v) is 11.2. The molecule has 0 aromatic heterocycles. The number of rotatable bonds is 47. The largest absolute Gasteiger partial charge is 0.462 e. The number of carbonyl (C=O) groups excluding carboxylic acids is 3. The van der Waals surface area contributed by atoms with Gasteiger partial charge in [0, 0.05) is 19.3 Å². The van der Waals surface area contributed by atoms with Crippen LogP contribution in [-0.2, 0) is 28.6 Å². The molecule has 63 heavy (non-hydrogen) atoms. The van der Waals surface area contributed by atoms with Crippen molar-refractivity contribution in [2.75, 3.05) is 13.2 Å². The van der Waals surface area contributed by atoms with E-state index < -0.39 is 6.10 Å². The standard InChI is InChI=1S/C57H98O6/c1-4-7-10-13-16-19-22-25-27-28-29-30-33-35-38-41-44-47-50-56(59)62-53-54(52-61-55(58)49-46-43-40-37-34-31-24-21-18-15-12-9-6-3)63-57(60)51-48-45-42-39-36-32-26-23-20-17-14-11-8-5-2/h8,11,17,20,27-31,34,40,43,54H,4-7,9-10,12-16,18-19,21-26,32-33,35-39,41-42,44-53H2,1-3H3/b11-8+,20-17+,28-27+,30-29+,34-31+,43-40+. The first kappa shape index (κ1) is 59.9. The average Bonchev–Trinajstić information content (AvgIpc) is 3.28. The van der Waals surface area contributed by atoms with Crippen LogP contribution < -0.4 is 0 Å². The molecule has 0 spiro atoms. The van der Waals surface area contributed by atoms with Gasteiger partial charge in [-0.2, -0.15) is 0 Å². The molecule has 1 atom stereocenters. The molecule has 1 unspecified atom stereocenters. The fourth-order valence-corrected chi connectivity index (χ4v) is 7.23. The molecule has 0 aromatic carbocycles. The number of unbranched alkanes of at least 4 members (excludes halogenated alkanes) is 25. The van der Waals surface area contributed by atoms with Crippen molar-refractivity contribution in [2.45, 2.75) is 258 Å². The molecule has 362 valence electrons. The van der Waals surface area contributed by atoms with E-state index in [1.807, 2.05) is 6.08 Å². The minimum absolute atomic E-state index is 0.104. The van der Waals surface area contributed by atoms with Crippen LogP contribution in [0.2, 0.25) is 0 Å². The van der Waals surface area contributed by atoms with Crippen LogP contribution in [0.25, 0.3) is 0 Å². The van der Waals surface area contributed by atoms with Crippen LogP contribution in [-0.4, -0.2) is 37.2 Å². The van der Waals surface area contributed by atoms with E-state index >= 15 is 0 Å². The number of ether oxygens (including phenoxy) is 3. The molecule has 0 aliphatic rings. The molecule has 6 heteroatoms. The van der Waals surface area contributed by atoms with Crippen LogP contribution in [0, 0.1) is 0 Å². The molecule has 0 saturated heterocycles. The third kappa shape index (κ3) is 49.7. The van der Waals surface area contributed by atoms with E-state index in [-0.39, 0.29) is 37.5 Å². The van der Waals surface area contributed by atoms with Crippen molar-refractivity contribution >= 4 is 17.9 Å². The van der Waals surface area contributed by atoms with Crippen LogP contribution in [0.15, 0.2) is 72.9 Å². The number of esters is 3. The topological polar surface area (TPSA) is 78.9 Å². The number of hydrogen-bond donors (Lipinski definition) is 0. The fraction of sp³-hybridized carbons (Fsp3) is 0.737. The van der Waals surface area contributed by atoms with Crippen molar-refractivity contribution in [2.24, 2.45) is 0 Å². The Bertz CT molecular complexity index is 1190. The summed E-state index contributed by atoms with van der Waals surface area (Å²) in [5.74, 6) is -0.994. The van der Waals surface area contributed by atoms with E-state index in [1.165, 1.54) is 116 Å². The van der Waals surface area contributed by atoms with E-state index in [4.69, 9.17) is 14.2 Å². The van der Waals surface area contributed by atoms with Crippen LogP contribution in [0.3, 0.4) is 0 Å². The summed E-state index contributed by atoms with van der Waals surface area (Å²) < 4.78 is 16.7. The highest BCUT2D eigenvalue weighted by Crippen LogP contribution is 2.14. The Morgan fingerprint density at radius 2 is 0.698 bits per heavy atom. The lowest BCUT2D eigenvalue weighted by Gasteiger charge is -2.18. The molecule has 0 aliphatic carbocycles. The highest BCUT2D eigenvalue weighted by atomic mass is 16.6. The van der Waals surface area contributed by atoms with Crippen molar-refractivity contribution in [1.29, 1.82) is 0 Å². The predicted molar refractivity (Wildman–Crippen MR) is 270 cm³/mol. The Morgan fingerprint density at radius 3 is 1.14 bits per heavy atom. The third-order valence-electron chi connectivity index (χ3n) is 11.2. The van der Waals surface area contributed by atoms with Gasteiger partial charge in [-0.15, -0.1) is 0 Å². The molecule has 0 aromatic rings. The Morgan fingerprint density at radius 1 is 0.349 bits per heavy atom. The summed E-state index contributed by atoms with van der Waals surface area (Å²) in [6.45, 7) is 6.45. The quantitative estimate of drug-likeness (QED) is 0.0199. The van der Waals surface area contributed by atoms with E-state index in [2.05, 4.69) is 87.6 Å². The van der Waals surface area contributed by atoms with Gasteiger partial charge >= 0.3 is 17.9 Å². The Kier molecular flexibility index (Phi) is 48.9. The second-order valence-corrected chi connectivity index (χ2v) is 17.4. The monoisotopic (exact) mass is 879 g/mol. The van der Waals surface area contributed by atoms with Gasteiger partial charge in [0.1, 0.15) is 13.2 Å². The Hall–Kier alpha value is -3.15. The molecule has 0 radical (unpaired) electrons. The summed E-state index contributed by atoms with van der Waals surface area (Å²) >= 11 is 0. The molecule has 0 bridgehead atoms. The minimum atomic E-state index is -0.808. The van der Waals surface area contributed by atoms with Gasteiger partial charge in [0.15, 0.2) is 6.10 Å². The zero-order valence-corrected chi connectivity index (χ0v) is 41.3. The molecule has 0 N–H and O–H groups in total. The number of allylic oxidation sites excluding steroid dienone is 12. The first-order valence-corrected chi connectivity index (χ1v) is 26.5. The summed E-state index contributed by atoms with van der Waals surface area (Å²) in [4.78, 5) is 37.9. The average molecular weight is 879 g/mol. The van der Waals surface area contributed by atoms with Crippen molar-refractivity contribution in [3.8, 4) is 0 Å². The number of hydrogen-bond acceptors (Lipinski definition) is 6. The van der Waals surface area contributed by atoms with Crippen molar-refractivity contribution in [3.05, 3.63) is 72.9 Å². The summed E-state index contributed by atoms with van der Waals surface area (Å²) in [5.41, 5.74) is 0. The van der Waals surface area contributed by atoms with Crippen molar-refractivity contribution in [3.63, 3.8) is 0 Å². The van der Waals surface area contributed by atoms with Gasteiger partial charge in [-0.05, 0) is 89.9 Å². The van der Waals surface area contributed by atoms with Crippen molar-refractivity contribution < 1.29 is 28.6 Å². The maximum absolute atomic E-state index is 12.8. The SMILES string of the molecule is CC/C=C/C/C=C/CCCCCCCCCC(=O)OC(COC(=O)CC/C=C/C/C=C/CCCCCCCC)COC(=O)CCCCCCC/C=C/C=C/CCCCCCCCC. The van der Waals surface area contributed by atoms with Gasteiger partial charge in [-0.3, -0.25) is 14.4 Å². The van der Waals surface area contributed by atoms with E-state index in [1.54, 1.807) is 0 Å². The van der Waals surface area contributed by atoms with E-state index in [0.717, 1.165) is 89.9 Å². The van der Waals surface area contributed by atoms with Crippen LogP contribution in [0.4, 0.5) is 0 Å². The van der Waals surface area contributed by atoms with Gasteiger partial charge < -0.3 is 14.2 Å². The normalized spacial score (nSPS) is 12.6. The van der Waals surface area contributed by atoms with Gasteiger partial charge in [-0.25, -0.2) is 0 Å². The first-order valence-electron chi connectivity index (χ1n) is 26.5. The molecule has 0 amide bonds. The summed E-state index contributed by atoms with van der Waals surface area (Å²) in [7, 11) is 0. The van der Waals surface area contributed by atoms with E-state index in [0.29, 0.717) is 19.3 Å². The van der Waals surface area contributed by atoms with Gasteiger partial charge in [0.2, 0.25) is 0 Å². The smallest absolute Gasteiger partial charge is 0.306 e. The van der Waals surface area contributed by atoms with Crippen molar-refractivity contribution in [1.82, 2.24) is 0 Å². The summed E-state index contributed by atoms with van der Waals surface area (Å²) in [6, 6.07) is 0. The fourth-order valence-electron chi connectivity index (χ4n) is 7.23. The zero-order chi connectivity index (χ0) is 45.8. The summed E-state index contributed by atoms with van der Waals surface area (Å²) in [5, 5.41) is 0.